The van der Waals surface area contributed by atoms with Gasteiger partial charge in [-0.2, -0.15) is 0 Å². The molecule has 1 saturated heterocycles. The molecule has 166 valence electrons. The third-order valence-electron chi connectivity index (χ3n) is 4.93. The van der Waals surface area contributed by atoms with Gasteiger partial charge in [0.05, 0.1) is 17.7 Å². The molecule has 0 spiro atoms. The van der Waals surface area contributed by atoms with Crippen molar-refractivity contribution in [3.05, 3.63) is 71.8 Å². The van der Waals surface area contributed by atoms with Crippen LogP contribution in [0.1, 0.15) is 20.7 Å². The Morgan fingerprint density at radius 3 is 1.71 bits per heavy atom. The Bertz CT molecular complexity index is 841. The van der Waals surface area contributed by atoms with Gasteiger partial charge in [0.15, 0.2) is 18.5 Å². The van der Waals surface area contributed by atoms with Crippen LogP contribution in [0.2, 0.25) is 0 Å². The zero-order valence-corrected chi connectivity index (χ0v) is 17.6. The molecule has 0 radical (unpaired) electrons. The number of hydrogen-bond donors (Lipinski definition) is 0. The van der Waals surface area contributed by atoms with Crippen LogP contribution in [-0.2, 0) is 28.4 Å². The first kappa shape index (κ1) is 22.9. The van der Waals surface area contributed by atoms with Crippen molar-refractivity contribution in [2.24, 2.45) is 0 Å². The van der Waals surface area contributed by atoms with Crippen LogP contribution in [0.25, 0.3) is 0 Å². The van der Waals surface area contributed by atoms with Crippen LogP contribution >= 0.6 is 0 Å². The van der Waals surface area contributed by atoms with Crippen LogP contribution in [0.4, 0.5) is 0 Å². The zero-order valence-electron chi connectivity index (χ0n) is 17.6. The lowest BCUT2D eigenvalue weighted by atomic mass is 9.98. The average Bonchev–Trinajstić information content (AvgIpc) is 2.81. The molecule has 2 aromatic carbocycles. The molecule has 0 bridgehead atoms. The molecule has 0 N–H and O–H groups in total. The number of benzene rings is 2. The molecular formula is C23H26O8. The summed E-state index contributed by atoms with van der Waals surface area (Å²) in [6.45, 7) is 0.164. The first-order valence-electron chi connectivity index (χ1n) is 9.81. The van der Waals surface area contributed by atoms with E-state index in [2.05, 4.69) is 0 Å². The Balaban J connectivity index is 1.90. The van der Waals surface area contributed by atoms with Gasteiger partial charge in [-0.15, -0.1) is 0 Å². The summed E-state index contributed by atoms with van der Waals surface area (Å²) >= 11 is 0. The van der Waals surface area contributed by atoms with E-state index < -0.39 is 42.6 Å². The van der Waals surface area contributed by atoms with E-state index in [4.69, 9.17) is 28.4 Å². The van der Waals surface area contributed by atoms with Crippen molar-refractivity contribution in [1.82, 2.24) is 0 Å². The van der Waals surface area contributed by atoms with Crippen molar-refractivity contribution in [2.75, 3.05) is 27.9 Å². The Kier molecular flexibility index (Phi) is 8.13. The van der Waals surface area contributed by atoms with E-state index in [0.717, 1.165) is 0 Å². The highest BCUT2D eigenvalue weighted by atomic mass is 16.7. The van der Waals surface area contributed by atoms with E-state index in [-0.39, 0.29) is 6.61 Å². The number of methoxy groups -OCH3 is 3. The quantitative estimate of drug-likeness (QED) is 0.590. The van der Waals surface area contributed by atoms with Crippen LogP contribution in [-0.4, -0.2) is 70.6 Å². The zero-order chi connectivity index (χ0) is 22.2. The molecule has 0 aromatic heterocycles. The van der Waals surface area contributed by atoms with Gasteiger partial charge in [0.1, 0.15) is 12.2 Å². The number of carbonyl (C=O) groups excluding carboxylic acids is 2. The molecule has 0 aliphatic carbocycles. The van der Waals surface area contributed by atoms with E-state index in [1.807, 2.05) is 0 Å². The number of rotatable bonds is 8. The molecule has 0 amide bonds. The lowest BCUT2D eigenvalue weighted by molar-refractivity contribution is -0.297. The fraction of sp³-hybridized carbons (Fsp3) is 0.391. The summed E-state index contributed by atoms with van der Waals surface area (Å²) in [5, 5.41) is 0. The van der Waals surface area contributed by atoms with Crippen molar-refractivity contribution in [2.45, 2.75) is 30.7 Å². The fourth-order valence-electron chi connectivity index (χ4n) is 3.44. The second-order valence-corrected chi connectivity index (χ2v) is 6.91. The second kappa shape index (κ2) is 11.0. The van der Waals surface area contributed by atoms with E-state index in [0.29, 0.717) is 11.1 Å². The molecule has 5 atom stereocenters. The molecule has 1 aliphatic rings. The number of hydrogen-bond acceptors (Lipinski definition) is 8. The number of ether oxygens (including phenoxy) is 6. The molecule has 31 heavy (non-hydrogen) atoms. The minimum absolute atomic E-state index is 0.164. The van der Waals surface area contributed by atoms with Crippen LogP contribution in [0.3, 0.4) is 0 Å². The lowest BCUT2D eigenvalue weighted by Crippen LogP contribution is -2.62. The summed E-state index contributed by atoms with van der Waals surface area (Å²) in [5.41, 5.74) is 0.702. The summed E-state index contributed by atoms with van der Waals surface area (Å²) in [6.07, 6.45) is -4.42. The highest BCUT2D eigenvalue weighted by Crippen LogP contribution is 2.30. The first-order valence-corrected chi connectivity index (χ1v) is 9.81. The van der Waals surface area contributed by atoms with Gasteiger partial charge in [-0.1, -0.05) is 36.4 Å². The summed E-state index contributed by atoms with van der Waals surface area (Å²) in [4.78, 5) is 25.5. The van der Waals surface area contributed by atoms with Crippen molar-refractivity contribution < 1.29 is 38.0 Å². The molecule has 8 nitrogen and oxygen atoms in total. The van der Waals surface area contributed by atoms with Gasteiger partial charge in [-0.05, 0) is 24.3 Å². The molecule has 8 heteroatoms. The van der Waals surface area contributed by atoms with Gasteiger partial charge in [0, 0.05) is 21.3 Å². The third-order valence-corrected chi connectivity index (χ3v) is 4.93. The molecular weight excluding hydrogens is 404 g/mol. The molecule has 3 rings (SSSR count). The standard InChI is InChI=1S/C23H26O8/c1-26-14-17-18(27-2)19(30-21(24)15-10-6-4-7-11-15)20(23(28-3)29-17)31-22(25)16-12-8-5-9-13-16/h4-13,17-20,23H,14H2,1-3H3/t17-,18+,19-,20-,23+/m0/s1. The Morgan fingerprint density at radius 1 is 0.742 bits per heavy atom. The van der Waals surface area contributed by atoms with Crippen LogP contribution in [0.15, 0.2) is 60.7 Å². The predicted molar refractivity (Wildman–Crippen MR) is 110 cm³/mol. The lowest BCUT2D eigenvalue weighted by Gasteiger charge is -2.44. The molecule has 1 fully saturated rings. The highest BCUT2D eigenvalue weighted by molar-refractivity contribution is 5.90. The maximum atomic E-state index is 12.8. The maximum absolute atomic E-state index is 12.8. The van der Waals surface area contributed by atoms with Crippen molar-refractivity contribution in [1.29, 1.82) is 0 Å². The summed E-state index contributed by atoms with van der Waals surface area (Å²) < 4.78 is 33.6. The molecule has 0 unspecified atom stereocenters. The van der Waals surface area contributed by atoms with E-state index in [9.17, 15) is 9.59 Å². The van der Waals surface area contributed by atoms with Crippen molar-refractivity contribution in [3.63, 3.8) is 0 Å². The smallest absolute Gasteiger partial charge is 0.338 e. The fourth-order valence-corrected chi connectivity index (χ4v) is 3.44. The molecule has 1 aliphatic heterocycles. The summed E-state index contributed by atoms with van der Waals surface area (Å²) in [6, 6.07) is 17.0. The number of esters is 2. The largest absolute Gasteiger partial charge is 0.452 e. The van der Waals surface area contributed by atoms with E-state index in [1.54, 1.807) is 60.7 Å². The van der Waals surface area contributed by atoms with E-state index >= 15 is 0 Å². The van der Waals surface area contributed by atoms with Gasteiger partial charge >= 0.3 is 11.9 Å². The maximum Gasteiger partial charge on any atom is 0.338 e. The Labute approximate surface area is 181 Å². The van der Waals surface area contributed by atoms with Crippen LogP contribution in [0, 0.1) is 0 Å². The molecule has 2 aromatic rings. The van der Waals surface area contributed by atoms with Gasteiger partial charge in [0.25, 0.3) is 0 Å². The summed E-state index contributed by atoms with van der Waals surface area (Å²) in [5.74, 6) is -1.18. The highest BCUT2D eigenvalue weighted by Gasteiger charge is 2.51. The minimum Gasteiger partial charge on any atom is -0.452 e. The van der Waals surface area contributed by atoms with E-state index in [1.165, 1.54) is 21.3 Å². The second-order valence-electron chi connectivity index (χ2n) is 6.91. The summed E-state index contributed by atoms with van der Waals surface area (Å²) in [7, 11) is 4.40. The number of carbonyl (C=O) groups is 2. The van der Waals surface area contributed by atoms with Crippen LogP contribution in [0.5, 0.6) is 0 Å². The molecule has 1 heterocycles. The SMILES string of the molecule is COC[C@@H]1O[C@@H](OC)[C@@H](OC(=O)c2ccccc2)[C@@H](OC(=O)c2ccccc2)[C@@H]1OC. The van der Waals surface area contributed by atoms with Crippen molar-refractivity contribution >= 4 is 11.9 Å². The van der Waals surface area contributed by atoms with Gasteiger partial charge < -0.3 is 28.4 Å². The Morgan fingerprint density at radius 2 is 1.26 bits per heavy atom. The topological polar surface area (TPSA) is 89.5 Å². The third kappa shape index (κ3) is 5.48. The van der Waals surface area contributed by atoms with Crippen molar-refractivity contribution in [3.8, 4) is 0 Å². The average molecular weight is 430 g/mol. The normalized spacial score (nSPS) is 25.6. The monoisotopic (exact) mass is 430 g/mol. The Hall–Kier alpha value is -2.78. The predicted octanol–water partition coefficient (Wildman–Crippen LogP) is 2.47. The first-order chi connectivity index (χ1) is 15.1. The van der Waals surface area contributed by atoms with Gasteiger partial charge in [-0.25, -0.2) is 9.59 Å². The van der Waals surface area contributed by atoms with Gasteiger partial charge in [-0.3, -0.25) is 0 Å². The van der Waals surface area contributed by atoms with Gasteiger partial charge in [0.2, 0.25) is 0 Å². The van der Waals surface area contributed by atoms with Crippen LogP contribution < -0.4 is 0 Å². The minimum atomic E-state index is -1.07. The molecule has 0 saturated carbocycles.